The second-order valence-corrected chi connectivity index (χ2v) is 12.2. The molecule has 0 saturated heterocycles. The molecule has 1 atom stereocenters. The molecule has 0 bridgehead atoms. The van der Waals surface area contributed by atoms with Crippen molar-refractivity contribution >= 4 is 35.9 Å². The molecule has 0 radical (unpaired) electrons. The Balaban J connectivity index is 0. The van der Waals surface area contributed by atoms with E-state index in [0.717, 1.165) is 37.8 Å². The average molecular weight is 697 g/mol. The zero-order valence-corrected chi connectivity index (χ0v) is 31.2. The first-order chi connectivity index (χ1) is 23.7. The van der Waals surface area contributed by atoms with E-state index in [4.69, 9.17) is 14.2 Å². The molecule has 1 aliphatic carbocycles. The highest BCUT2D eigenvalue weighted by atomic mass is 16.6. The molecule has 1 unspecified atom stereocenters. The minimum atomic E-state index is -0.579. The van der Waals surface area contributed by atoms with Crippen molar-refractivity contribution in [3.05, 3.63) is 91.6 Å². The van der Waals surface area contributed by atoms with Crippen molar-refractivity contribution in [1.29, 1.82) is 0 Å². The van der Waals surface area contributed by atoms with E-state index in [9.17, 15) is 24.0 Å². The quantitative estimate of drug-likeness (QED) is 0.0860. The number of esters is 5. The summed E-state index contributed by atoms with van der Waals surface area (Å²) in [6, 6.07) is 10.0. The Bertz CT molecular complexity index is 1210. The van der Waals surface area contributed by atoms with Gasteiger partial charge in [0.25, 0.3) is 0 Å². The summed E-state index contributed by atoms with van der Waals surface area (Å²) in [5, 5.41) is 0. The Morgan fingerprint density at radius 3 is 1.80 bits per heavy atom. The third-order valence-electron chi connectivity index (χ3n) is 6.83. The minimum absolute atomic E-state index is 0.156. The maximum Gasteiger partial charge on any atom is 0.338 e. The Morgan fingerprint density at radius 2 is 1.42 bits per heavy atom. The molecule has 9 nitrogen and oxygen atoms in total. The lowest BCUT2D eigenvalue weighted by Gasteiger charge is -2.21. The molecule has 278 valence electrons. The Hall–Kier alpha value is -4.53. The summed E-state index contributed by atoms with van der Waals surface area (Å²) in [6.07, 6.45) is 15.7. The number of cyclic esters (lactones) is 2. The highest BCUT2D eigenvalue weighted by Crippen LogP contribution is 2.21. The predicted molar refractivity (Wildman–Crippen MR) is 200 cm³/mol. The van der Waals surface area contributed by atoms with Crippen molar-refractivity contribution in [2.75, 3.05) is 13.2 Å². The van der Waals surface area contributed by atoms with Gasteiger partial charge < -0.3 is 18.9 Å². The third kappa shape index (κ3) is 28.5. The van der Waals surface area contributed by atoms with E-state index in [0.29, 0.717) is 36.2 Å². The second kappa shape index (κ2) is 30.5. The smallest absolute Gasteiger partial charge is 0.338 e. The van der Waals surface area contributed by atoms with Crippen LogP contribution in [0, 0.1) is 11.8 Å². The Labute approximate surface area is 300 Å². The van der Waals surface area contributed by atoms with Crippen LogP contribution < -0.4 is 0 Å². The van der Waals surface area contributed by atoms with E-state index in [1.165, 1.54) is 43.7 Å². The highest BCUT2D eigenvalue weighted by molar-refractivity contribution is 6.04. The molecule has 1 aromatic carbocycles. The first-order valence-corrected chi connectivity index (χ1v) is 17.3. The fourth-order valence-electron chi connectivity index (χ4n) is 3.85. The van der Waals surface area contributed by atoms with E-state index >= 15 is 0 Å². The number of benzene rings is 1. The molecule has 9 heteroatoms. The molecule has 1 heterocycles. The van der Waals surface area contributed by atoms with Crippen molar-refractivity contribution in [1.82, 2.24) is 0 Å². The van der Waals surface area contributed by atoms with Gasteiger partial charge in [0.1, 0.15) is 6.10 Å². The summed E-state index contributed by atoms with van der Waals surface area (Å²) in [4.78, 5) is 52.4. The molecule has 50 heavy (non-hydrogen) atoms. The van der Waals surface area contributed by atoms with E-state index in [2.05, 4.69) is 44.9 Å². The van der Waals surface area contributed by atoms with Crippen molar-refractivity contribution < 1.29 is 42.9 Å². The average Bonchev–Trinajstić information content (AvgIpc) is 3.50. The van der Waals surface area contributed by atoms with Crippen LogP contribution in [0.1, 0.15) is 105 Å². The van der Waals surface area contributed by atoms with Gasteiger partial charge in [0.2, 0.25) is 0 Å². The van der Waals surface area contributed by atoms with E-state index in [1.807, 2.05) is 50.3 Å². The molecule has 0 N–H and O–H groups in total. The van der Waals surface area contributed by atoms with Crippen LogP contribution in [0.5, 0.6) is 0 Å². The number of carbonyl (C=O) groups is 5. The van der Waals surface area contributed by atoms with E-state index in [1.54, 1.807) is 13.8 Å². The first-order valence-electron chi connectivity index (χ1n) is 17.3. The van der Waals surface area contributed by atoms with E-state index < -0.39 is 11.9 Å². The lowest BCUT2D eigenvalue weighted by Crippen LogP contribution is -2.20. The minimum Gasteiger partial charge on any atom is -0.462 e. The number of hydrogen-bond acceptors (Lipinski definition) is 9. The van der Waals surface area contributed by atoms with Crippen LogP contribution in [0.2, 0.25) is 0 Å². The molecular weight excluding hydrogens is 636 g/mol. The highest BCUT2D eigenvalue weighted by Gasteiger charge is 2.17. The van der Waals surface area contributed by atoms with Crippen LogP contribution in [0.3, 0.4) is 0 Å². The predicted octanol–water partition coefficient (Wildman–Crippen LogP) is 9.09. The summed E-state index contributed by atoms with van der Waals surface area (Å²) in [5.41, 5.74) is 2.13. The van der Waals surface area contributed by atoms with Crippen LogP contribution in [0.4, 0.5) is 0 Å². The van der Waals surface area contributed by atoms with E-state index in [-0.39, 0.29) is 24.0 Å². The number of ether oxygens (including phenoxy) is 4. The standard InChI is InChI=1S/C11H20O2.C10H16O2.C8H14O2.C8H8.C4H2O3/c1-4-7-8-10(5-2)9-13-11(12)6-3;1-8(2)10(11)12-9-6-4-3-5-7-9;1-6(2)5-10-8(9)7(3)4;1-2-8-6-4-3-5-7-8;5-3-1-2-4(6)7-3/h6,10H,3-5,7-9H2,1-2H3;9H,1,3-7H2,2H3;6H,3,5H2,1-2,4H3;2-7H,1H2;1-2H. The van der Waals surface area contributed by atoms with Gasteiger partial charge in [-0.15, -0.1) is 0 Å². The Kier molecular flexibility index (Phi) is 29.0. The van der Waals surface area contributed by atoms with Gasteiger partial charge in [0, 0.05) is 29.4 Å². The van der Waals surface area contributed by atoms with Crippen LogP contribution in [0.25, 0.3) is 6.08 Å². The second-order valence-electron chi connectivity index (χ2n) is 12.2. The van der Waals surface area contributed by atoms with Crippen molar-refractivity contribution in [3.63, 3.8) is 0 Å². The third-order valence-corrected chi connectivity index (χ3v) is 6.83. The zero-order valence-electron chi connectivity index (χ0n) is 31.2. The molecule has 1 aliphatic heterocycles. The number of rotatable bonds is 13. The van der Waals surface area contributed by atoms with Crippen LogP contribution in [-0.2, 0) is 42.9 Å². The zero-order chi connectivity index (χ0) is 38.3. The largest absolute Gasteiger partial charge is 0.462 e. The molecule has 1 aromatic rings. The molecular formula is C41H60O9. The van der Waals surface area contributed by atoms with Gasteiger partial charge in [-0.25, -0.2) is 24.0 Å². The molecule has 3 rings (SSSR count). The molecule has 1 fully saturated rings. The Morgan fingerprint density at radius 1 is 0.860 bits per heavy atom. The van der Waals surface area contributed by atoms with Crippen molar-refractivity contribution in [3.8, 4) is 0 Å². The van der Waals surface area contributed by atoms with Gasteiger partial charge in [-0.1, -0.05) is 116 Å². The number of hydrogen-bond donors (Lipinski definition) is 0. The summed E-state index contributed by atoms with van der Waals surface area (Å²) in [6.45, 7) is 26.6. The summed E-state index contributed by atoms with van der Waals surface area (Å²) in [7, 11) is 0. The van der Waals surface area contributed by atoms with Gasteiger partial charge >= 0.3 is 29.8 Å². The maximum absolute atomic E-state index is 11.1. The summed E-state index contributed by atoms with van der Waals surface area (Å²) < 4.78 is 19.0. The SMILES string of the molecule is C=C(C)C(=O)OC1CCCCC1.C=C(C)C(=O)OCC(C)C.C=CC(=O)OCC(CC)CCCC.C=Cc1ccccc1.O=C1C=CC(=O)O1. The van der Waals surface area contributed by atoms with Crippen LogP contribution >= 0.6 is 0 Å². The number of carbonyl (C=O) groups excluding carboxylic acids is 5. The van der Waals surface area contributed by atoms with Crippen LogP contribution in [-0.4, -0.2) is 49.2 Å². The first kappa shape index (κ1) is 47.6. The van der Waals surface area contributed by atoms with Crippen molar-refractivity contribution in [2.45, 2.75) is 105 Å². The fourth-order valence-corrected chi connectivity index (χ4v) is 3.85. The van der Waals surface area contributed by atoms with Crippen LogP contribution in [0.15, 0.2) is 86.0 Å². The van der Waals surface area contributed by atoms with Gasteiger partial charge in [-0.2, -0.15) is 0 Å². The normalized spacial score (nSPS) is 13.4. The number of unbranched alkanes of at least 4 members (excludes halogenated alkanes) is 1. The topological polar surface area (TPSA) is 122 Å². The lowest BCUT2D eigenvalue weighted by molar-refractivity contribution is -0.150. The molecule has 0 spiro atoms. The molecule has 2 aliphatic rings. The van der Waals surface area contributed by atoms with Crippen molar-refractivity contribution in [2.24, 2.45) is 11.8 Å². The van der Waals surface area contributed by atoms with Gasteiger partial charge in [-0.3, -0.25) is 0 Å². The molecule has 0 amide bonds. The maximum atomic E-state index is 11.1. The fraction of sp³-hybridized carbons (Fsp3) is 0.488. The molecule has 0 aromatic heterocycles. The monoisotopic (exact) mass is 696 g/mol. The van der Waals surface area contributed by atoms with Gasteiger partial charge in [0.05, 0.1) is 13.2 Å². The summed E-state index contributed by atoms with van der Waals surface area (Å²) in [5.74, 6) is -1.09. The van der Waals surface area contributed by atoms with Gasteiger partial charge in [-0.05, 0) is 63.4 Å². The molecule has 1 saturated carbocycles. The van der Waals surface area contributed by atoms with Gasteiger partial charge in [0.15, 0.2) is 0 Å². The lowest BCUT2D eigenvalue weighted by atomic mass is 9.98. The summed E-state index contributed by atoms with van der Waals surface area (Å²) >= 11 is 0.